The molecule has 0 radical (unpaired) electrons. The van der Waals surface area contributed by atoms with Gasteiger partial charge in [-0.15, -0.1) is 11.3 Å². The van der Waals surface area contributed by atoms with Crippen LogP contribution in [0, 0.1) is 6.92 Å². The van der Waals surface area contributed by atoms with Crippen LogP contribution in [0.5, 0.6) is 0 Å². The second-order valence-electron chi connectivity index (χ2n) is 7.41. The number of furan rings is 1. The summed E-state index contributed by atoms with van der Waals surface area (Å²) in [6.07, 6.45) is 0.775. The number of hydrogen-bond acceptors (Lipinski definition) is 7. The molecule has 8 heteroatoms. The lowest BCUT2D eigenvalue weighted by Gasteiger charge is -2.05. The first-order chi connectivity index (χ1) is 16.0. The minimum Gasteiger partial charge on any atom is -0.465 e. The van der Waals surface area contributed by atoms with Crippen molar-refractivity contribution in [2.24, 2.45) is 0 Å². The van der Waals surface area contributed by atoms with Crippen molar-refractivity contribution in [3.63, 3.8) is 0 Å². The highest BCUT2D eigenvalue weighted by Gasteiger charge is 2.28. The van der Waals surface area contributed by atoms with E-state index in [0.29, 0.717) is 28.3 Å². The second-order valence-corrected chi connectivity index (χ2v) is 8.44. The van der Waals surface area contributed by atoms with E-state index in [2.05, 4.69) is 10.3 Å². The maximum atomic E-state index is 12.6. The number of anilines is 1. The fourth-order valence-corrected chi connectivity index (χ4v) is 4.54. The van der Waals surface area contributed by atoms with Crippen molar-refractivity contribution in [2.45, 2.75) is 26.2 Å². The van der Waals surface area contributed by atoms with Gasteiger partial charge in [-0.1, -0.05) is 42.5 Å². The van der Waals surface area contributed by atoms with Crippen molar-refractivity contribution >= 4 is 45.1 Å². The van der Waals surface area contributed by atoms with Gasteiger partial charge in [0.05, 0.1) is 22.9 Å². The summed E-state index contributed by atoms with van der Waals surface area (Å²) in [4.78, 5) is 42.0. The zero-order valence-corrected chi connectivity index (χ0v) is 19.0. The third-order valence-corrected chi connectivity index (χ3v) is 6.19. The summed E-state index contributed by atoms with van der Waals surface area (Å²) in [5.41, 5.74) is 2.03. The molecule has 0 atom stereocenters. The van der Waals surface area contributed by atoms with E-state index >= 15 is 0 Å². The fourth-order valence-electron chi connectivity index (χ4n) is 3.53. The lowest BCUT2D eigenvalue weighted by atomic mass is 10.1. The van der Waals surface area contributed by atoms with Crippen LogP contribution in [0.15, 0.2) is 59.0 Å². The van der Waals surface area contributed by atoms with Crippen LogP contribution in [0.1, 0.15) is 45.7 Å². The van der Waals surface area contributed by atoms with Crippen LogP contribution in [-0.4, -0.2) is 29.8 Å². The number of thiazole rings is 1. The largest absolute Gasteiger partial charge is 0.465 e. The Balaban J connectivity index is 1.54. The number of rotatable bonds is 8. The minimum atomic E-state index is -0.570. The number of Topliss-reactive ketones (excluding diaryl/α,β-unsaturated/α-hetero) is 1. The summed E-state index contributed by atoms with van der Waals surface area (Å²) in [6.45, 7) is 1.64. The molecule has 0 aliphatic carbocycles. The van der Waals surface area contributed by atoms with Gasteiger partial charge in [0.25, 0.3) is 0 Å². The van der Waals surface area contributed by atoms with E-state index in [0.717, 1.165) is 10.2 Å². The van der Waals surface area contributed by atoms with E-state index in [1.807, 2.05) is 42.5 Å². The molecule has 2 heterocycles. The number of para-hydroxylation sites is 1. The minimum absolute atomic E-state index is 0.0135. The fraction of sp³-hybridized carbons (Fsp3) is 0.200. The van der Waals surface area contributed by atoms with E-state index in [1.165, 1.54) is 18.4 Å². The number of nitrogens with zero attached hydrogens (tertiary/aromatic N) is 1. The SMILES string of the molecule is COC(=O)c1c(C)oc(NC(=O)CCCC(=O)c2ccccc2)c1-c1nc2ccccc2s1. The molecule has 33 heavy (non-hydrogen) atoms. The second kappa shape index (κ2) is 9.79. The Morgan fingerprint density at radius 2 is 1.76 bits per heavy atom. The van der Waals surface area contributed by atoms with Crippen LogP contribution in [0.25, 0.3) is 20.8 Å². The molecule has 1 amide bonds. The molecule has 2 aromatic heterocycles. The van der Waals surface area contributed by atoms with E-state index in [1.54, 1.807) is 19.1 Å². The van der Waals surface area contributed by atoms with E-state index < -0.39 is 5.97 Å². The van der Waals surface area contributed by atoms with Crippen LogP contribution >= 0.6 is 11.3 Å². The van der Waals surface area contributed by atoms with Crippen molar-refractivity contribution in [1.82, 2.24) is 4.98 Å². The number of carbonyl (C=O) groups excluding carboxylic acids is 3. The maximum absolute atomic E-state index is 12.6. The summed E-state index contributed by atoms with van der Waals surface area (Å²) in [5.74, 6) is -0.430. The van der Waals surface area contributed by atoms with Crippen LogP contribution in [0.3, 0.4) is 0 Å². The predicted molar refractivity (Wildman–Crippen MR) is 127 cm³/mol. The number of methoxy groups -OCH3 is 1. The van der Waals surface area contributed by atoms with Crippen molar-refractivity contribution in [1.29, 1.82) is 0 Å². The molecule has 0 saturated heterocycles. The normalized spacial score (nSPS) is 10.8. The number of hydrogen-bond donors (Lipinski definition) is 1. The van der Waals surface area contributed by atoms with E-state index in [9.17, 15) is 14.4 Å². The molecule has 1 N–H and O–H groups in total. The molecule has 0 fully saturated rings. The highest BCUT2D eigenvalue weighted by Crippen LogP contribution is 2.40. The summed E-state index contributed by atoms with van der Waals surface area (Å²) < 4.78 is 11.6. The summed E-state index contributed by atoms with van der Waals surface area (Å²) in [5, 5.41) is 3.29. The van der Waals surface area contributed by atoms with Crippen LogP contribution in [-0.2, 0) is 9.53 Å². The Morgan fingerprint density at radius 1 is 1.03 bits per heavy atom. The van der Waals surface area contributed by atoms with Crippen LogP contribution < -0.4 is 5.32 Å². The van der Waals surface area contributed by atoms with Gasteiger partial charge >= 0.3 is 5.97 Å². The zero-order chi connectivity index (χ0) is 23.4. The van der Waals surface area contributed by atoms with E-state index in [-0.39, 0.29) is 36.0 Å². The van der Waals surface area contributed by atoms with Gasteiger partial charge in [-0.2, -0.15) is 0 Å². The van der Waals surface area contributed by atoms with Gasteiger partial charge in [0.1, 0.15) is 16.3 Å². The van der Waals surface area contributed by atoms with Crippen molar-refractivity contribution in [3.8, 4) is 10.6 Å². The Hall–Kier alpha value is -3.78. The molecule has 7 nitrogen and oxygen atoms in total. The van der Waals surface area contributed by atoms with E-state index in [4.69, 9.17) is 9.15 Å². The van der Waals surface area contributed by atoms with Gasteiger partial charge in [-0.05, 0) is 25.5 Å². The molecule has 4 rings (SSSR count). The Kier molecular flexibility index (Phi) is 6.65. The lowest BCUT2D eigenvalue weighted by molar-refractivity contribution is -0.116. The standard InChI is InChI=1S/C25H22N2O5S/c1-15-21(25(30)31-2)22(24-26-17-11-6-7-13-19(17)33-24)23(32-15)27-20(29)14-8-12-18(28)16-9-4-3-5-10-16/h3-7,9-11,13H,8,12,14H2,1-2H3,(H,27,29). The Bertz CT molecular complexity index is 1290. The van der Waals surface area contributed by atoms with Gasteiger partial charge in [0.15, 0.2) is 5.78 Å². The van der Waals surface area contributed by atoms with Gasteiger partial charge < -0.3 is 9.15 Å². The highest BCUT2D eigenvalue weighted by molar-refractivity contribution is 7.21. The number of fused-ring (bicyclic) bond motifs is 1. The van der Waals surface area contributed by atoms with Crippen molar-refractivity contribution in [2.75, 3.05) is 12.4 Å². The monoisotopic (exact) mass is 462 g/mol. The predicted octanol–water partition coefficient (Wildman–Crippen LogP) is 5.64. The summed E-state index contributed by atoms with van der Waals surface area (Å²) in [7, 11) is 1.29. The number of ketones is 1. The number of benzene rings is 2. The molecule has 4 aromatic rings. The molecule has 0 spiro atoms. The number of aromatic nitrogens is 1. The quantitative estimate of drug-likeness (QED) is 0.269. The molecular weight excluding hydrogens is 440 g/mol. The topological polar surface area (TPSA) is 98.5 Å². The molecule has 0 unspecified atom stereocenters. The van der Waals surface area contributed by atoms with Crippen LogP contribution in [0.2, 0.25) is 0 Å². The summed E-state index contributed by atoms with van der Waals surface area (Å²) in [6, 6.07) is 16.6. The number of ether oxygens (including phenoxy) is 1. The first-order valence-corrected chi connectivity index (χ1v) is 11.3. The molecule has 0 aliphatic rings. The third kappa shape index (κ3) is 4.85. The number of aryl methyl sites for hydroxylation is 1. The van der Waals surface area contributed by atoms with Gasteiger partial charge in [0, 0.05) is 18.4 Å². The number of nitrogens with one attached hydrogen (secondary N) is 1. The first-order valence-electron chi connectivity index (χ1n) is 10.4. The molecule has 0 bridgehead atoms. The molecule has 0 saturated carbocycles. The number of amides is 1. The lowest BCUT2D eigenvalue weighted by Crippen LogP contribution is -2.12. The number of carbonyl (C=O) groups is 3. The molecular formula is C25H22N2O5S. The smallest absolute Gasteiger partial charge is 0.342 e. The van der Waals surface area contributed by atoms with Crippen LogP contribution in [0.4, 0.5) is 5.88 Å². The zero-order valence-electron chi connectivity index (χ0n) is 18.2. The van der Waals surface area contributed by atoms with Gasteiger partial charge in [-0.25, -0.2) is 9.78 Å². The van der Waals surface area contributed by atoms with Gasteiger partial charge in [0.2, 0.25) is 11.8 Å². The third-order valence-electron chi connectivity index (χ3n) is 5.14. The molecule has 168 valence electrons. The average molecular weight is 463 g/mol. The van der Waals surface area contributed by atoms with Crippen molar-refractivity contribution < 1.29 is 23.5 Å². The highest BCUT2D eigenvalue weighted by atomic mass is 32.1. The average Bonchev–Trinajstić information content (AvgIpc) is 3.39. The molecule has 0 aliphatic heterocycles. The van der Waals surface area contributed by atoms with Gasteiger partial charge in [-0.3, -0.25) is 14.9 Å². The maximum Gasteiger partial charge on any atom is 0.342 e. The summed E-state index contributed by atoms with van der Waals surface area (Å²) >= 11 is 1.39. The first kappa shape index (κ1) is 22.4. The Labute approximate surface area is 194 Å². The molecule has 2 aromatic carbocycles. The Morgan fingerprint density at radius 3 is 2.48 bits per heavy atom. The van der Waals surface area contributed by atoms with Crippen molar-refractivity contribution in [3.05, 3.63) is 71.5 Å². The number of esters is 1.